The Balaban J connectivity index is 1.71. The molecule has 2 saturated heterocycles. The third-order valence-electron chi connectivity index (χ3n) is 5.62. The van der Waals surface area contributed by atoms with Gasteiger partial charge in [0, 0.05) is 33.6 Å². The fourth-order valence-electron chi connectivity index (χ4n) is 4.37. The summed E-state index contributed by atoms with van der Waals surface area (Å²) in [5, 5.41) is 0. The highest BCUT2D eigenvalue weighted by atomic mass is 16.7. The Kier molecular flexibility index (Phi) is 4.65. The van der Waals surface area contributed by atoms with E-state index >= 15 is 0 Å². The third-order valence-corrected chi connectivity index (χ3v) is 5.62. The topological polar surface area (TPSA) is 102 Å². The van der Waals surface area contributed by atoms with E-state index < -0.39 is 53.6 Å². The largest absolute Gasteiger partial charge is 0.422 e. The first kappa shape index (κ1) is 20.1. The number of esters is 2. The summed E-state index contributed by atoms with van der Waals surface area (Å²) in [7, 11) is 3.78. The van der Waals surface area contributed by atoms with Crippen LogP contribution < -0.4 is 9.80 Å². The maximum absolute atomic E-state index is 13.4. The van der Waals surface area contributed by atoms with Crippen LogP contribution >= 0.6 is 0 Å². The molecule has 2 amide bonds. The molecule has 0 aromatic heterocycles. The number of rotatable bonds is 5. The van der Waals surface area contributed by atoms with Gasteiger partial charge >= 0.3 is 11.9 Å². The van der Waals surface area contributed by atoms with Crippen LogP contribution in [0.3, 0.4) is 0 Å². The lowest BCUT2D eigenvalue weighted by Gasteiger charge is -2.34. The number of amides is 2. The molecular formula is C21H22N2O7. The van der Waals surface area contributed by atoms with Gasteiger partial charge in [-0.15, -0.1) is 0 Å². The second kappa shape index (κ2) is 6.94. The van der Waals surface area contributed by atoms with Crippen LogP contribution in [-0.2, 0) is 33.4 Å². The molecule has 0 unspecified atom stereocenters. The third kappa shape index (κ3) is 2.88. The van der Waals surface area contributed by atoms with Gasteiger partial charge in [0.1, 0.15) is 0 Å². The second-order valence-electron chi connectivity index (χ2n) is 7.77. The van der Waals surface area contributed by atoms with E-state index in [4.69, 9.17) is 14.2 Å². The first-order valence-electron chi connectivity index (χ1n) is 9.52. The van der Waals surface area contributed by atoms with Crippen LogP contribution in [0.5, 0.6) is 0 Å². The fraction of sp³-hybridized carbons (Fsp3) is 0.429. The molecule has 0 N–H and O–H groups in total. The Morgan fingerprint density at radius 3 is 2.20 bits per heavy atom. The van der Waals surface area contributed by atoms with Crippen molar-refractivity contribution in [3.63, 3.8) is 0 Å². The number of fused-ring (bicyclic) bond motifs is 5. The number of hydrogen-bond donors (Lipinski definition) is 0. The molecule has 1 aromatic rings. The van der Waals surface area contributed by atoms with Crippen LogP contribution in [0.4, 0.5) is 11.4 Å². The van der Waals surface area contributed by atoms with Crippen LogP contribution in [-0.4, -0.2) is 55.8 Å². The van der Waals surface area contributed by atoms with Gasteiger partial charge in [0.15, 0.2) is 5.60 Å². The maximum Gasteiger partial charge on any atom is 0.305 e. The van der Waals surface area contributed by atoms with Crippen molar-refractivity contribution in [1.29, 1.82) is 0 Å². The minimum absolute atomic E-state index is 0.400. The van der Waals surface area contributed by atoms with Crippen molar-refractivity contribution in [2.75, 3.05) is 23.9 Å². The van der Waals surface area contributed by atoms with Crippen molar-refractivity contribution < 1.29 is 33.4 Å². The number of imide groups is 1. The number of hydrogen-bond acceptors (Lipinski definition) is 8. The van der Waals surface area contributed by atoms with Crippen LogP contribution in [0.2, 0.25) is 0 Å². The predicted octanol–water partition coefficient (Wildman–Crippen LogP) is 1.02. The molecule has 158 valence electrons. The zero-order valence-electron chi connectivity index (χ0n) is 17.0. The molecule has 0 saturated carbocycles. The van der Waals surface area contributed by atoms with Gasteiger partial charge in [-0.25, -0.2) is 4.90 Å². The Hall–Kier alpha value is -3.20. The average Bonchev–Trinajstić information content (AvgIpc) is 3.32. The van der Waals surface area contributed by atoms with Crippen molar-refractivity contribution in [3.05, 3.63) is 36.4 Å². The van der Waals surface area contributed by atoms with Crippen molar-refractivity contribution in [3.8, 4) is 0 Å². The lowest BCUT2D eigenvalue weighted by molar-refractivity contribution is -0.226. The minimum atomic E-state index is -1.54. The van der Waals surface area contributed by atoms with Crippen LogP contribution in [0, 0.1) is 11.8 Å². The average molecular weight is 414 g/mol. The van der Waals surface area contributed by atoms with E-state index in [9.17, 15) is 19.2 Å². The van der Waals surface area contributed by atoms with Gasteiger partial charge in [-0.05, 0) is 30.3 Å². The fourth-order valence-corrected chi connectivity index (χ4v) is 4.37. The molecule has 2 fully saturated rings. The summed E-state index contributed by atoms with van der Waals surface area (Å²) < 4.78 is 16.3. The Morgan fingerprint density at radius 1 is 1.07 bits per heavy atom. The summed E-state index contributed by atoms with van der Waals surface area (Å²) in [6, 6.07) is 7.02. The minimum Gasteiger partial charge on any atom is -0.422 e. The van der Waals surface area contributed by atoms with Gasteiger partial charge in [0.2, 0.25) is 11.8 Å². The summed E-state index contributed by atoms with van der Waals surface area (Å²) in [6.07, 6.45) is 1.05. The van der Waals surface area contributed by atoms with E-state index in [1.54, 1.807) is 24.3 Å². The van der Waals surface area contributed by atoms with E-state index in [0.717, 1.165) is 24.4 Å². The van der Waals surface area contributed by atoms with E-state index in [1.807, 2.05) is 31.1 Å². The summed E-state index contributed by atoms with van der Waals surface area (Å²) in [6.45, 7) is 2.33. The first-order valence-corrected chi connectivity index (χ1v) is 9.52. The predicted molar refractivity (Wildman–Crippen MR) is 104 cm³/mol. The molecule has 9 nitrogen and oxygen atoms in total. The highest BCUT2D eigenvalue weighted by Crippen LogP contribution is 2.54. The Bertz CT molecular complexity index is 939. The lowest BCUT2D eigenvalue weighted by Crippen LogP contribution is -2.52. The molecule has 3 heterocycles. The van der Waals surface area contributed by atoms with E-state index in [1.165, 1.54) is 0 Å². The van der Waals surface area contributed by atoms with Crippen LogP contribution in [0.25, 0.3) is 0 Å². The zero-order valence-corrected chi connectivity index (χ0v) is 17.0. The van der Waals surface area contributed by atoms with Gasteiger partial charge in [0.05, 0.1) is 23.6 Å². The monoisotopic (exact) mass is 414 g/mol. The normalized spacial score (nSPS) is 28.8. The van der Waals surface area contributed by atoms with Crippen molar-refractivity contribution in [1.82, 2.24) is 0 Å². The molecule has 0 radical (unpaired) electrons. The molecule has 3 aliphatic heterocycles. The van der Waals surface area contributed by atoms with Crippen LogP contribution in [0.15, 0.2) is 36.4 Å². The van der Waals surface area contributed by atoms with Crippen molar-refractivity contribution in [2.24, 2.45) is 11.8 Å². The van der Waals surface area contributed by atoms with Gasteiger partial charge in [-0.3, -0.25) is 19.2 Å². The number of benzene rings is 1. The van der Waals surface area contributed by atoms with E-state index in [0.29, 0.717) is 5.69 Å². The van der Waals surface area contributed by atoms with Crippen molar-refractivity contribution >= 4 is 35.1 Å². The number of carbonyl (C=O) groups excluding carboxylic acids is 4. The molecule has 1 aromatic carbocycles. The number of carbonyl (C=O) groups is 4. The standard InChI is InChI=1S/C21H22N2O7/c1-11(24)28-20(29-12(2)25)21-10-9-15(30-21)16-17(21)19(27)23(18(16)26)14-7-5-13(6-8-14)22(3)4/h5-10,15-17,20H,1-4H3/t15-,16+,17+,21+/m1/s1. The quantitative estimate of drug-likeness (QED) is 0.305. The highest BCUT2D eigenvalue weighted by Gasteiger charge is 2.72. The number of anilines is 2. The molecule has 4 atom stereocenters. The lowest BCUT2D eigenvalue weighted by atomic mass is 9.76. The molecule has 3 aliphatic rings. The molecule has 2 bridgehead atoms. The maximum atomic E-state index is 13.4. The Labute approximate surface area is 173 Å². The van der Waals surface area contributed by atoms with E-state index in [2.05, 4.69) is 0 Å². The molecule has 30 heavy (non-hydrogen) atoms. The summed E-state index contributed by atoms with van der Waals surface area (Å²) >= 11 is 0. The van der Waals surface area contributed by atoms with E-state index in [-0.39, 0.29) is 0 Å². The summed E-state index contributed by atoms with van der Waals surface area (Å²) in [5.41, 5.74) is -0.182. The van der Waals surface area contributed by atoms with Crippen molar-refractivity contribution in [2.45, 2.75) is 31.8 Å². The summed E-state index contributed by atoms with van der Waals surface area (Å²) in [4.78, 5) is 52.8. The molecule has 0 aliphatic carbocycles. The Morgan fingerprint density at radius 2 is 1.67 bits per heavy atom. The highest BCUT2D eigenvalue weighted by molar-refractivity contribution is 6.23. The zero-order chi connectivity index (χ0) is 21.8. The molecule has 0 spiro atoms. The number of ether oxygens (including phenoxy) is 3. The van der Waals surface area contributed by atoms with Crippen LogP contribution in [0.1, 0.15) is 13.8 Å². The van der Waals surface area contributed by atoms with Gasteiger partial charge in [-0.1, -0.05) is 6.08 Å². The smallest absolute Gasteiger partial charge is 0.305 e. The summed E-state index contributed by atoms with van der Waals surface area (Å²) in [5.74, 6) is -4.05. The number of nitrogens with zero attached hydrogens (tertiary/aromatic N) is 2. The van der Waals surface area contributed by atoms with Gasteiger partial charge in [-0.2, -0.15) is 0 Å². The van der Waals surface area contributed by atoms with Gasteiger partial charge < -0.3 is 19.1 Å². The molecule has 9 heteroatoms. The molecule has 4 rings (SSSR count). The van der Waals surface area contributed by atoms with Gasteiger partial charge in [0.25, 0.3) is 6.29 Å². The molecular weight excluding hydrogens is 392 g/mol. The SMILES string of the molecule is CC(=O)OC(OC(C)=O)[C@@]12C=C[C@@H](O1)[C@@H]1C(=O)N(c3ccc(N(C)C)cc3)C(=O)[C@H]12. The second-order valence-corrected chi connectivity index (χ2v) is 7.77. The first-order chi connectivity index (χ1) is 14.2.